The van der Waals surface area contributed by atoms with Crippen molar-refractivity contribution in [3.63, 3.8) is 0 Å². The first-order valence-corrected chi connectivity index (χ1v) is 14.6. The van der Waals surface area contributed by atoms with Crippen LogP contribution in [-0.2, 0) is 52.3 Å². The van der Waals surface area contributed by atoms with E-state index in [1.165, 1.54) is 19.3 Å². The third-order valence-electron chi connectivity index (χ3n) is 5.35. The van der Waals surface area contributed by atoms with Crippen LogP contribution in [0.2, 0.25) is 0 Å². The molecule has 1 N–H and O–H groups in total. The Morgan fingerprint density at radius 3 is 1.07 bits per heavy atom. The van der Waals surface area contributed by atoms with Crippen LogP contribution in [0.4, 0.5) is 0 Å². The summed E-state index contributed by atoms with van der Waals surface area (Å²) in [5.74, 6) is -1.37. The Kier molecular flexibility index (Phi) is 30.2. The van der Waals surface area contributed by atoms with Crippen LogP contribution in [0.5, 0.6) is 0 Å². The zero-order chi connectivity index (χ0) is 29.4. The summed E-state index contributed by atoms with van der Waals surface area (Å²) in [6.07, 6.45) is 7.26. The molecule has 0 aromatic heterocycles. The molecule has 12 heteroatoms. The summed E-state index contributed by atoms with van der Waals surface area (Å²) in [5.41, 5.74) is 0. The number of rotatable bonds is 32. The van der Waals surface area contributed by atoms with Gasteiger partial charge in [0.1, 0.15) is 13.2 Å². The smallest absolute Gasteiger partial charge is 0.305 e. The highest BCUT2D eigenvalue weighted by Gasteiger charge is 2.04. The van der Waals surface area contributed by atoms with E-state index in [4.69, 9.17) is 43.0 Å². The average Bonchev–Trinajstić information content (AvgIpc) is 2.93. The van der Waals surface area contributed by atoms with Crippen LogP contribution in [-0.4, -0.2) is 116 Å². The van der Waals surface area contributed by atoms with Gasteiger partial charge in [0.2, 0.25) is 0 Å². The fourth-order valence-corrected chi connectivity index (χ4v) is 3.19. The Bertz CT molecular complexity index is 588. The van der Waals surface area contributed by atoms with Crippen LogP contribution < -0.4 is 0 Å². The van der Waals surface area contributed by atoms with Crippen LogP contribution in [0.3, 0.4) is 0 Å². The first-order valence-electron chi connectivity index (χ1n) is 14.6. The van der Waals surface area contributed by atoms with Crippen molar-refractivity contribution in [2.45, 2.75) is 71.1 Å². The van der Waals surface area contributed by atoms with Gasteiger partial charge in [-0.3, -0.25) is 14.4 Å². The molecule has 0 aliphatic heterocycles. The Labute approximate surface area is 239 Å². The highest BCUT2D eigenvalue weighted by molar-refractivity contribution is 5.70. The minimum absolute atomic E-state index is 0.0607. The van der Waals surface area contributed by atoms with Gasteiger partial charge in [0.25, 0.3) is 0 Å². The molecule has 40 heavy (non-hydrogen) atoms. The van der Waals surface area contributed by atoms with Gasteiger partial charge in [-0.25, -0.2) is 0 Å². The van der Waals surface area contributed by atoms with E-state index < -0.39 is 5.97 Å². The van der Waals surface area contributed by atoms with Crippen molar-refractivity contribution in [3.8, 4) is 0 Å². The second-order valence-corrected chi connectivity index (χ2v) is 8.88. The summed E-state index contributed by atoms with van der Waals surface area (Å²) >= 11 is 0. The monoisotopic (exact) mass is 580 g/mol. The highest BCUT2D eigenvalue weighted by Crippen LogP contribution is 2.05. The molecule has 0 aromatic rings. The summed E-state index contributed by atoms with van der Waals surface area (Å²) in [6, 6.07) is 0. The van der Waals surface area contributed by atoms with Crippen molar-refractivity contribution in [3.05, 3.63) is 0 Å². The average molecular weight is 581 g/mol. The highest BCUT2D eigenvalue weighted by atomic mass is 16.6. The number of carboxylic acid groups (broad SMARTS) is 1. The molecule has 0 rings (SSSR count). The van der Waals surface area contributed by atoms with E-state index in [0.29, 0.717) is 91.9 Å². The van der Waals surface area contributed by atoms with Crippen molar-refractivity contribution < 1.29 is 57.4 Å². The molecule has 0 saturated carbocycles. The number of hydrogen-bond donors (Lipinski definition) is 1. The predicted octanol–water partition coefficient (Wildman–Crippen LogP) is 3.18. The lowest BCUT2D eigenvalue weighted by Gasteiger charge is -2.09. The maximum absolute atomic E-state index is 11.6. The van der Waals surface area contributed by atoms with Crippen molar-refractivity contribution in [1.29, 1.82) is 0 Å². The van der Waals surface area contributed by atoms with Crippen molar-refractivity contribution in [2.24, 2.45) is 0 Å². The zero-order valence-electron chi connectivity index (χ0n) is 24.4. The van der Waals surface area contributed by atoms with Gasteiger partial charge in [0, 0.05) is 19.3 Å². The molecule has 0 unspecified atom stereocenters. The Morgan fingerprint density at radius 2 is 0.725 bits per heavy atom. The predicted molar refractivity (Wildman–Crippen MR) is 146 cm³/mol. The molecule has 0 spiro atoms. The van der Waals surface area contributed by atoms with Gasteiger partial charge in [-0.2, -0.15) is 0 Å². The molecule has 0 aromatic carbocycles. The van der Waals surface area contributed by atoms with Crippen LogP contribution in [0.15, 0.2) is 0 Å². The Hall–Kier alpha value is -1.83. The Balaban J connectivity index is 3.16. The first kappa shape index (κ1) is 38.2. The second-order valence-electron chi connectivity index (χ2n) is 8.88. The molecule has 0 aliphatic rings. The number of carboxylic acids is 1. The van der Waals surface area contributed by atoms with Gasteiger partial charge >= 0.3 is 17.9 Å². The number of ether oxygens (including phenoxy) is 8. The number of carbonyl (C=O) groups is 3. The lowest BCUT2D eigenvalue weighted by molar-refractivity contribution is -0.146. The fraction of sp³-hybridized carbons (Fsp3) is 0.893. The van der Waals surface area contributed by atoms with Gasteiger partial charge in [-0.05, 0) is 19.3 Å². The maximum atomic E-state index is 11.6. The minimum atomic E-state index is -0.863. The van der Waals surface area contributed by atoms with E-state index in [0.717, 1.165) is 12.8 Å². The molecular weight excluding hydrogens is 528 g/mol. The summed E-state index contributed by atoms with van der Waals surface area (Å²) < 4.78 is 42.5. The molecule has 0 aliphatic carbocycles. The van der Waals surface area contributed by atoms with E-state index in [2.05, 4.69) is 6.92 Å². The standard InChI is InChI=1S/C28H52O12/c1-2-3-4-5-6-10-27(31)39-24-22-37-20-18-35-16-14-33-12-13-34-15-17-36-19-21-38-23-25-40-28(32)11-8-7-9-26(29)30/h2-25H2,1H3,(H,29,30). The van der Waals surface area contributed by atoms with Gasteiger partial charge in [-0.1, -0.05) is 32.6 Å². The van der Waals surface area contributed by atoms with Gasteiger partial charge < -0.3 is 43.0 Å². The quantitative estimate of drug-likeness (QED) is 0.0921. The fourth-order valence-electron chi connectivity index (χ4n) is 3.19. The van der Waals surface area contributed by atoms with Gasteiger partial charge in [0.15, 0.2) is 0 Å². The van der Waals surface area contributed by atoms with Gasteiger partial charge in [-0.15, -0.1) is 0 Å². The molecule has 12 nitrogen and oxygen atoms in total. The number of hydrogen-bond acceptors (Lipinski definition) is 11. The van der Waals surface area contributed by atoms with Gasteiger partial charge in [0.05, 0.1) is 79.3 Å². The molecule has 0 amide bonds. The lowest BCUT2D eigenvalue weighted by Crippen LogP contribution is -2.15. The third-order valence-corrected chi connectivity index (χ3v) is 5.35. The zero-order valence-corrected chi connectivity index (χ0v) is 24.4. The first-order chi connectivity index (χ1) is 19.6. The molecule has 0 atom stereocenters. The summed E-state index contributed by atoms with van der Waals surface area (Å²) in [4.78, 5) is 33.4. The molecular formula is C28H52O12. The molecule has 0 fully saturated rings. The van der Waals surface area contributed by atoms with E-state index >= 15 is 0 Å². The second kappa shape index (κ2) is 31.7. The van der Waals surface area contributed by atoms with E-state index in [1.807, 2.05) is 0 Å². The SMILES string of the molecule is CCCCCCCC(=O)OCCOCCOCCOCCOCCOCCOCCOC(=O)CCCCC(=O)O. The van der Waals surface area contributed by atoms with Crippen LogP contribution in [0, 0.1) is 0 Å². The lowest BCUT2D eigenvalue weighted by atomic mass is 10.1. The maximum Gasteiger partial charge on any atom is 0.305 e. The van der Waals surface area contributed by atoms with E-state index in [-0.39, 0.29) is 44.6 Å². The van der Waals surface area contributed by atoms with Crippen molar-refractivity contribution in [2.75, 3.05) is 92.5 Å². The topological polar surface area (TPSA) is 145 Å². The van der Waals surface area contributed by atoms with Crippen molar-refractivity contribution in [1.82, 2.24) is 0 Å². The van der Waals surface area contributed by atoms with E-state index in [9.17, 15) is 14.4 Å². The molecule has 0 saturated heterocycles. The largest absolute Gasteiger partial charge is 0.481 e. The number of aliphatic carboxylic acids is 1. The van der Waals surface area contributed by atoms with Crippen LogP contribution >= 0.6 is 0 Å². The molecule has 0 bridgehead atoms. The Morgan fingerprint density at radius 1 is 0.425 bits per heavy atom. The summed E-state index contributed by atoms with van der Waals surface area (Å²) in [6.45, 7) is 7.68. The van der Waals surface area contributed by atoms with E-state index in [1.54, 1.807) is 0 Å². The molecule has 236 valence electrons. The normalized spacial score (nSPS) is 11.0. The van der Waals surface area contributed by atoms with Crippen LogP contribution in [0.25, 0.3) is 0 Å². The molecule has 0 heterocycles. The number of esters is 2. The minimum Gasteiger partial charge on any atom is -0.481 e. The third kappa shape index (κ3) is 32.4. The summed E-state index contributed by atoms with van der Waals surface area (Å²) in [7, 11) is 0. The van der Waals surface area contributed by atoms with Crippen LogP contribution in [0.1, 0.15) is 71.1 Å². The summed E-state index contributed by atoms with van der Waals surface area (Å²) in [5, 5.41) is 8.53. The molecule has 0 radical (unpaired) electrons. The van der Waals surface area contributed by atoms with Crippen molar-refractivity contribution >= 4 is 17.9 Å². The number of unbranched alkanes of at least 4 members (excludes halogenated alkanes) is 5. The number of carbonyl (C=O) groups excluding carboxylic acids is 2.